The maximum atomic E-state index is 12.9. The standard InChI is InChI=1S/C68H124O6/c1-4-7-10-13-16-19-22-25-28-30-32-33-34-35-37-38-40-43-46-49-52-55-58-61-67(70)73-64-65(63-72-66(69)60-57-54-51-48-45-42-27-24-21-18-15-12-9-6-3)74-68(71)62-59-56-53-50-47-44-41-39-36-31-29-26-23-20-17-14-11-8-5-2/h15,17-18,20,24,26-27,29,65H,4-14,16,19,21-23,25,28,30-64H2,1-3H3/b18-15-,20-17-,27-24-,29-26-. The summed E-state index contributed by atoms with van der Waals surface area (Å²) in [5.41, 5.74) is 0. The Kier molecular flexibility index (Phi) is 60.7. The van der Waals surface area contributed by atoms with Crippen LogP contribution in [0.3, 0.4) is 0 Å². The molecule has 0 rings (SSSR count). The van der Waals surface area contributed by atoms with Crippen molar-refractivity contribution in [1.82, 2.24) is 0 Å². The van der Waals surface area contributed by atoms with Crippen molar-refractivity contribution in [3.63, 3.8) is 0 Å². The molecule has 0 amide bonds. The van der Waals surface area contributed by atoms with E-state index in [0.29, 0.717) is 19.3 Å². The van der Waals surface area contributed by atoms with Gasteiger partial charge < -0.3 is 14.2 Å². The molecule has 0 saturated heterocycles. The Bertz CT molecular complexity index is 1280. The Balaban J connectivity index is 4.29. The first kappa shape index (κ1) is 71.4. The van der Waals surface area contributed by atoms with Crippen molar-refractivity contribution in [1.29, 1.82) is 0 Å². The molecule has 0 saturated carbocycles. The first-order valence-corrected chi connectivity index (χ1v) is 32.6. The minimum atomic E-state index is -0.780. The average molecular weight is 1040 g/mol. The largest absolute Gasteiger partial charge is 0.462 e. The van der Waals surface area contributed by atoms with Gasteiger partial charge in [0.05, 0.1) is 0 Å². The van der Waals surface area contributed by atoms with Crippen LogP contribution in [-0.2, 0) is 28.6 Å². The minimum absolute atomic E-state index is 0.0758. The van der Waals surface area contributed by atoms with Crippen molar-refractivity contribution in [2.24, 2.45) is 0 Å². The third-order valence-electron chi connectivity index (χ3n) is 14.6. The predicted octanol–water partition coefficient (Wildman–Crippen LogP) is 22.2. The molecule has 6 heteroatoms. The number of unbranched alkanes of at least 4 members (excludes halogenated alkanes) is 41. The van der Waals surface area contributed by atoms with Crippen LogP contribution in [0.2, 0.25) is 0 Å². The fourth-order valence-electron chi connectivity index (χ4n) is 9.61. The van der Waals surface area contributed by atoms with E-state index in [1.807, 2.05) is 0 Å². The predicted molar refractivity (Wildman–Crippen MR) is 321 cm³/mol. The first-order chi connectivity index (χ1) is 36.5. The summed E-state index contributed by atoms with van der Waals surface area (Å²) in [5.74, 6) is -0.873. The highest BCUT2D eigenvalue weighted by Crippen LogP contribution is 2.18. The Hall–Kier alpha value is -2.63. The van der Waals surface area contributed by atoms with Crippen LogP contribution in [-0.4, -0.2) is 37.2 Å². The summed E-state index contributed by atoms with van der Waals surface area (Å²) in [6, 6.07) is 0. The Morgan fingerprint density at radius 3 is 0.811 bits per heavy atom. The van der Waals surface area contributed by atoms with Gasteiger partial charge in [0.15, 0.2) is 6.10 Å². The van der Waals surface area contributed by atoms with E-state index in [4.69, 9.17) is 14.2 Å². The second-order valence-electron chi connectivity index (χ2n) is 22.0. The van der Waals surface area contributed by atoms with Crippen LogP contribution in [0.15, 0.2) is 48.6 Å². The molecule has 0 aliphatic carbocycles. The number of esters is 3. The van der Waals surface area contributed by atoms with E-state index in [0.717, 1.165) is 83.5 Å². The molecule has 6 nitrogen and oxygen atoms in total. The number of hydrogen-bond acceptors (Lipinski definition) is 6. The minimum Gasteiger partial charge on any atom is -0.462 e. The van der Waals surface area contributed by atoms with Crippen molar-refractivity contribution < 1.29 is 28.6 Å². The molecule has 1 unspecified atom stereocenters. The van der Waals surface area contributed by atoms with Crippen molar-refractivity contribution in [2.45, 2.75) is 354 Å². The lowest BCUT2D eigenvalue weighted by Gasteiger charge is -2.18. The zero-order valence-corrected chi connectivity index (χ0v) is 49.6. The third kappa shape index (κ3) is 60.2. The molecule has 74 heavy (non-hydrogen) atoms. The second kappa shape index (κ2) is 62.9. The molecule has 1 atom stereocenters. The molecule has 0 heterocycles. The number of allylic oxidation sites excluding steroid dienone is 8. The summed E-state index contributed by atoms with van der Waals surface area (Å²) in [6.07, 6.45) is 78.3. The first-order valence-electron chi connectivity index (χ1n) is 32.6. The van der Waals surface area contributed by atoms with Crippen LogP contribution in [0.1, 0.15) is 348 Å². The maximum absolute atomic E-state index is 12.9. The molecule has 0 radical (unpaired) electrons. The van der Waals surface area contributed by atoms with Gasteiger partial charge >= 0.3 is 17.9 Å². The summed E-state index contributed by atoms with van der Waals surface area (Å²) in [6.45, 7) is 6.62. The van der Waals surface area contributed by atoms with E-state index < -0.39 is 6.10 Å². The van der Waals surface area contributed by atoms with E-state index in [1.54, 1.807) is 0 Å². The molecule has 0 aliphatic heterocycles. The SMILES string of the molecule is CCCC/C=C\C/C=C\CCCCCCCC(=O)OCC(COC(=O)CCCCCCCCCCCCCCCCCCCCCCCCC)OC(=O)CCCCCCCCCCC/C=C\C/C=C\CCCCC. The summed E-state index contributed by atoms with van der Waals surface area (Å²) in [7, 11) is 0. The number of carbonyl (C=O) groups is 3. The van der Waals surface area contributed by atoms with Crippen LogP contribution < -0.4 is 0 Å². The number of hydrogen-bond donors (Lipinski definition) is 0. The molecule has 0 N–H and O–H groups in total. The van der Waals surface area contributed by atoms with Gasteiger partial charge in [0.25, 0.3) is 0 Å². The van der Waals surface area contributed by atoms with E-state index in [1.165, 1.54) is 225 Å². The van der Waals surface area contributed by atoms with Gasteiger partial charge in [0.2, 0.25) is 0 Å². The molecule has 0 bridgehead atoms. The molecule has 0 aromatic carbocycles. The second-order valence-corrected chi connectivity index (χ2v) is 22.0. The molecule has 432 valence electrons. The van der Waals surface area contributed by atoms with E-state index >= 15 is 0 Å². The summed E-state index contributed by atoms with van der Waals surface area (Å²) < 4.78 is 16.9. The van der Waals surface area contributed by atoms with Gasteiger partial charge in [-0.3, -0.25) is 14.4 Å². The van der Waals surface area contributed by atoms with Crippen LogP contribution in [0.4, 0.5) is 0 Å². The number of rotatable bonds is 60. The quantitative estimate of drug-likeness (QED) is 0.0261. The number of ether oxygens (including phenoxy) is 3. The summed E-state index contributed by atoms with van der Waals surface area (Å²) >= 11 is 0. The normalized spacial score (nSPS) is 12.3. The highest BCUT2D eigenvalue weighted by molar-refractivity contribution is 5.71. The van der Waals surface area contributed by atoms with Crippen molar-refractivity contribution in [3.05, 3.63) is 48.6 Å². The summed E-state index contributed by atoms with van der Waals surface area (Å²) in [4.78, 5) is 38.3. The molecular weight excluding hydrogens is 913 g/mol. The highest BCUT2D eigenvalue weighted by atomic mass is 16.6. The van der Waals surface area contributed by atoms with Gasteiger partial charge in [-0.1, -0.05) is 301 Å². The maximum Gasteiger partial charge on any atom is 0.306 e. The molecule has 0 fully saturated rings. The fourth-order valence-corrected chi connectivity index (χ4v) is 9.61. The summed E-state index contributed by atoms with van der Waals surface area (Å²) in [5, 5.41) is 0. The van der Waals surface area contributed by atoms with Crippen LogP contribution in [0.5, 0.6) is 0 Å². The average Bonchev–Trinajstić information content (AvgIpc) is 3.40. The molecule has 0 aromatic heterocycles. The van der Waals surface area contributed by atoms with Gasteiger partial charge in [-0.05, 0) is 77.0 Å². The molecular formula is C68H124O6. The van der Waals surface area contributed by atoms with Crippen molar-refractivity contribution >= 4 is 17.9 Å². The van der Waals surface area contributed by atoms with Gasteiger partial charge in [-0.2, -0.15) is 0 Å². The molecule has 0 spiro atoms. The van der Waals surface area contributed by atoms with Gasteiger partial charge in [0, 0.05) is 19.3 Å². The van der Waals surface area contributed by atoms with Gasteiger partial charge in [-0.25, -0.2) is 0 Å². The third-order valence-corrected chi connectivity index (χ3v) is 14.6. The number of carbonyl (C=O) groups excluding carboxylic acids is 3. The van der Waals surface area contributed by atoms with Crippen LogP contribution in [0.25, 0.3) is 0 Å². The van der Waals surface area contributed by atoms with E-state index in [2.05, 4.69) is 69.4 Å². The molecule has 0 aromatic rings. The lowest BCUT2D eigenvalue weighted by atomic mass is 10.0. The van der Waals surface area contributed by atoms with Crippen molar-refractivity contribution in [2.75, 3.05) is 13.2 Å². The van der Waals surface area contributed by atoms with E-state index in [9.17, 15) is 14.4 Å². The zero-order valence-electron chi connectivity index (χ0n) is 49.6. The zero-order chi connectivity index (χ0) is 53.6. The van der Waals surface area contributed by atoms with Crippen molar-refractivity contribution in [3.8, 4) is 0 Å². The van der Waals surface area contributed by atoms with E-state index in [-0.39, 0.29) is 31.1 Å². The lowest BCUT2D eigenvalue weighted by Crippen LogP contribution is -2.30. The van der Waals surface area contributed by atoms with Gasteiger partial charge in [0.1, 0.15) is 13.2 Å². The Morgan fingerprint density at radius 2 is 0.500 bits per heavy atom. The fraction of sp³-hybridized carbons (Fsp3) is 0.838. The van der Waals surface area contributed by atoms with Crippen LogP contribution in [0, 0.1) is 0 Å². The Morgan fingerprint density at radius 1 is 0.270 bits per heavy atom. The van der Waals surface area contributed by atoms with Gasteiger partial charge in [-0.15, -0.1) is 0 Å². The Labute approximate surface area is 460 Å². The topological polar surface area (TPSA) is 78.9 Å². The molecule has 0 aliphatic rings. The smallest absolute Gasteiger partial charge is 0.306 e. The van der Waals surface area contributed by atoms with Crippen LogP contribution >= 0.6 is 0 Å². The highest BCUT2D eigenvalue weighted by Gasteiger charge is 2.19. The monoisotopic (exact) mass is 1040 g/mol. The lowest BCUT2D eigenvalue weighted by molar-refractivity contribution is -0.167.